The normalized spacial score (nSPS) is 15.6. The van der Waals surface area contributed by atoms with E-state index in [1.165, 1.54) is 18.4 Å². The number of hydrogen-bond donors (Lipinski definition) is 2. The number of carbonyl (C=O) groups excluding carboxylic acids is 1. The summed E-state index contributed by atoms with van der Waals surface area (Å²) in [7, 11) is 3.51. The number of rotatable bonds is 9. The van der Waals surface area contributed by atoms with Crippen LogP contribution in [0.2, 0.25) is 0 Å². The van der Waals surface area contributed by atoms with E-state index in [-0.39, 0.29) is 12.5 Å². The van der Waals surface area contributed by atoms with E-state index in [0.717, 1.165) is 31.2 Å². The van der Waals surface area contributed by atoms with Crippen LogP contribution in [-0.2, 0) is 11.2 Å². The molecule has 138 valence electrons. The van der Waals surface area contributed by atoms with Crippen LogP contribution in [0.4, 0.5) is 0 Å². The summed E-state index contributed by atoms with van der Waals surface area (Å²) in [5.74, 6) is 1.76. The third-order valence-corrected chi connectivity index (χ3v) is 5.09. The fourth-order valence-electron chi connectivity index (χ4n) is 2.63. The summed E-state index contributed by atoms with van der Waals surface area (Å²) in [6, 6.07) is 10.7. The average Bonchev–Trinajstić information content (AvgIpc) is 3.37. The van der Waals surface area contributed by atoms with E-state index >= 15 is 0 Å². The molecule has 25 heavy (non-hydrogen) atoms. The highest BCUT2D eigenvalue weighted by Gasteiger charge is 2.42. The van der Waals surface area contributed by atoms with Gasteiger partial charge >= 0.3 is 0 Å². The maximum Gasteiger partial charge on any atom is 0.243 e. The molecule has 6 heteroatoms. The first-order chi connectivity index (χ1) is 12.0. The summed E-state index contributed by atoms with van der Waals surface area (Å²) in [5.41, 5.74) is 1.72. The minimum Gasteiger partial charge on any atom is -0.356 e. The van der Waals surface area contributed by atoms with Crippen molar-refractivity contribution in [3.8, 4) is 0 Å². The van der Waals surface area contributed by atoms with E-state index < -0.39 is 0 Å². The molecule has 2 N–H and O–H groups in total. The Hall–Kier alpha value is -1.69. The van der Waals surface area contributed by atoms with E-state index in [2.05, 4.69) is 52.2 Å². The van der Waals surface area contributed by atoms with Gasteiger partial charge in [0, 0.05) is 32.9 Å². The molecule has 1 aliphatic carbocycles. The summed E-state index contributed by atoms with van der Waals surface area (Å²) in [5, 5.41) is 6.78. The Bertz CT molecular complexity index is 570. The first kappa shape index (κ1) is 19.6. The van der Waals surface area contributed by atoms with Gasteiger partial charge in [0.1, 0.15) is 6.54 Å². The van der Waals surface area contributed by atoms with Crippen molar-refractivity contribution >= 4 is 23.6 Å². The largest absolute Gasteiger partial charge is 0.356 e. The standard InChI is InChI=1S/C19H30N4OS/c1-23(2)17(24)14-21-18(20-11-12-25-3)22-15-19(9-10-19)13-16-7-5-4-6-8-16/h4-8H,9-15H2,1-3H3,(H2,20,21,22). The molecular formula is C19H30N4OS. The second-order valence-corrected chi connectivity index (χ2v) is 7.87. The zero-order chi connectivity index (χ0) is 18.1. The van der Waals surface area contributed by atoms with E-state index in [4.69, 9.17) is 0 Å². The number of aliphatic imine (C=N–C) groups is 1. The smallest absolute Gasteiger partial charge is 0.243 e. The number of guanidine groups is 1. The number of hydrogen-bond acceptors (Lipinski definition) is 3. The van der Waals surface area contributed by atoms with Gasteiger partial charge in [0.25, 0.3) is 0 Å². The molecule has 0 spiro atoms. The van der Waals surface area contributed by atoms with Gasteiger partial charge < -0.3 is 15.5 Å². The maximum atomic E-state index is 11.8. The molecular weight excluding hydrogens is 332 g/mol. The van der Waals surface area contributed by atoms with Crippen molar-refractivity contribution < 1.29 is 4.79 Å². The lowest BCUT2D eigenvalue weighted by Crippen LogP contribution is -2.42. The molecule has 0 bridgehead atoms. The molecule has 0 saturated heterocycles. The summed E-state index contributed by atoms with van der Waals surface area (Å²) in [6.07, 6.45) is 5.66. The summed E-state index contributed by atoms with van der Waals surface area (Å²) in [6.45, 7) is 1.91. The molecule has 1 aromatic rings. The second-order valence-electron chi connectivity index (χ2n) is 6.89. The molecule has 0 unspecified atom stereocenters. The highest BCUT2D eigenvalue weighted by molar-refractivity contribution is 7.98. The molecule has 0 radical (unpaired) electrons. The molecule has 5 nitrogen and oxygen atoms in total. The van der Waals surface area contributed by atoms with Gasteiger partial charge in [-0.05, 0) is 36.5 Å². The number of benzene rings is 1. The first-order valence-corrected chi connectivity index (χ1v) is 10.2. The molecule has 1 amide bonds. The lowest BCUT2D eigenvalue weighted by molar-refractivity contribution is -0.127. The van der Waals surface area contributed by atoms with Crippen molar-refractivity contribution in [2.45, 2.75) is 19.3 Å². The van der Waals surface area contributed by atoms with E-state index in [0.29, 0.717) is 5.41 Å². The van der Waals surface area contributed by atoms with E-state index in [9.17, 15) is 4.79 Å². The highest BCUT2D eigenvalue weighted by Crippen LogP contribution is 2.47. The monoisotopic (exact) mass is 362 g/mol. The van der Waals surface area contributed by atoms with Crippen LogP contribution in [0.15, 0.2) is 35.3 Å². The molecule has 2 rings (SSSR count). The van der Waals surface area contributed by atoms with Crippen molar-refractivity contribution in [1.29, 1.82) is 0 Å². The van der Waals surface area contributed by atoms with E-state index in [1.807, 2.05) is 0 Å². The Morgan fingerprint density at radius 1 is 1.24 bits per heavy atom. The zero-order valence-corrected chi connectivity index (χ0v) is 16.4. The Morgan fingerprint density at radius 3 is 2.56 bits per heavy atom. The number of amides is 1. The lowest BCUT2D eigenvalue weighted by atomic mass is 9.96. The Kier molecular flexibility index (Phi) is 7.62. The van der Waals surface area contributed by atoms with Crippen LogP contribution in [0.3, 0.4) is 0 Å². The van der Waals surface area contributed by atoms with Crippen LogP contribution in [0.25, 0.3) is 0 Å². The van der Waals surface area contributed by atoms with Gasteiger partial charge in [-0.3, -0.25) is 4.79 Å². The Balaban J connectivity index is 1.89. The van der Waals surface area contributed by atoms with Crippen molar-refractivity contribution in [3.63, 3.8) is 0 Å². The minimum absolute atomic E-state index is 0.0105. The number of thioether (sulfide) groups is 1. The predicted molar refractivity (Wildman–Crippen MR) is 107 cm³/mol. The van der Waals surface area contributed by atoms with Crippen molar-refractivity contribution in [2.75, 3.05) is 45.7 Å². The van der Waals surface area contributed by atoms with Crippen LogP contribution in [-0.4, -0.2) is 62.5 Å². The average molecular weight is 363 g/mol. The number of carbonyl (C=O) groups is 1. The number of nitrogens with one attached hydrogen (secondary N) is 2. The van der Waals surface area contributed by atoms with Crippen LogP contribution in [0.1, 0.15) is 18.4 Å². The predicted octanol–water partition coefficient (Wildman–Crippen LogP) is 2.00. The third kappa shape index (κ3) is 6.98. The van der Waals surface area contributed by atoms with E-state index in [1.54, 1.807) is 30.8 Å². The molecule has 0 aliphatic heterocycles. The summed E-state index contributed by atoms with van der Waals surface area (Å²) in [4.78, 5) is 17.8. The summed E-state index contributed by atoms with van der Waals surface area (Å²) < 4.78 is 0. The fourth-order valence-corrected chi connectivity index (χ4v) is 2.93. The summed E-state index contributed by atoms with van der Waals surface area (Å²) >= 11 is 1.79. The Labute approximate surface area is 155 Å². The van der Waals surface area contributed by atoms with Gasteiger partial charge in [0.2, 0.25) is 5.91 Å². The quantitative estimate of drug-likeness (QED) is 0.401. The second kappa shape index (κ2) is 9.70. The Morgan fingerprint density at radius 2 is 1.96 bits per heavy atom. The molecule has 1 aromatic carbocycles. The third-order valence-electron chi connectivity index (χ3n) is 4.48. The fraction of sp³-hybridized carbons (Fsp3) is 0.579. The molecule has 0 heterocycles. The van der Waals surface area contributed by atoms with Gasteiger partial charge in [-0.1, -0.05) is 30.3 Å². The van der Waals surface area contributed by atoms with Crippen molar-refractivity contribution in [1.82, 2.24) is 15.5 Å². The van der Waals surface area contributed by atoms with Gasteiger partial charge in [0.05, 0.1) is 0 Å². The molecule has 0 aromatic heterocycles. The molecule has 0 atom stereocenters. The molecule has 1 aliphatic rings. The van der Waals surface area contributed by atoms with Gasteiger partial charge in [-0.2, -0.15) is 11.8 Å². The SMILES string of the molecule is CSCCNC(=NCC(=O)N(C)C)NCC1(Cc2ccccc2)CC1. The minimum atomic E-state index is 0.0105. The van der Waals surface area contributed by atoms with Crippen molar-refractivity contribution in [3.05, 3.63) is 35.9 Å². The van der Waals surface area contributed by atoms with Crippen LogP contribution >= 0.6 is 11.8 Å². The van der Waals surface area contributed by atoms with Crippen molar-refractivity contribution in [2.24, 2.45) is 10.4 Å². The molecule has 1 saturated carbocycles. The highest BCUT2D eigenvalue weighted by atomic mass is 32.2. The van der Waals surface area contributed by atoms with Gasteiger partial charge in [-0.25, -0.2) is 4.99 Å². The lowest BCUT2D eigenvalue weighted by Gasteiger charge is -2.19. The zero-order valence-electron chi connectivity index (χ0n) is 15.5. The maximum absolute atomic E-state index is 11.8. The van der Waals surface area contributed by atoms with Crippen LogP contribution in [0.5, 0.6) is 0 Å². The number of nitrogens with zero attached hydrogens (tertiary/aromatic N) is 2. The topological polar surface area (TPSA) is 56.7 Å². The van der Waals surface area contributed by atoms with Crippen LogP contribution < -0.4 is 10.6 Å². The molecule has 1 fully saturated rings. The van der Waals surface area contributed by atoms with Gasteiger partial charge in [0.15, 0.2) is 5.96 Å². The number of likely N-dealkylation sites (N-methyl/N-ethyl adjacent to an activating group) is 1. The first-order valence-electron chi connectivity index (χ1n) is 8.80. The van der Waals surface area contributed by atoms with Crippen LogP contribution in [0, 0.1) is 5.41 Å². The van der Waals surface area contributed by atoms with Gasteiger partial charge in [-0.15, -0.1) is 0 Å².